The highest BCUT2D eigenvalue weighted by molar-refractivity contribution is 6.28. The molecule has 0 radical (unpaired) electrons. The fourth-order valence-corrected chi connectivity index (χ4v) is 1.73. The standard InChI is InChI=1S/C12H10ClFN2/c1-7-3-4-10(14)9(5-7)11-6-8(2)15-12(13)16-11/h3-6H,1-2H3. The summed E-state index contributed by atoms with van der Waals surface area (Å²) in [5, 5.41) is 0.135. The maximum absolute atomic E-state index is 13.6. The minimum Gasteiger partial charge on any atom is -0.223 e. The van der Waals surface area contributed by atoms with Crippen LogP contribution in [0, 0.1) is 19.7 Å². The highest BCUT2D eigenvalue weighted by Gasteiger charge is 2.08. The minimum atomic E-state index is -0.306. The van der Waals surface area contributed by atoms with Gasteiger partial charge in [-0.15, -0.1) is 0 Å². The molecule has 1 aromatic heterocycles. The van der Waals surface area contributed by atoms with Crippen molar-refractivity contribution >= 4 is 11.6 Å². The molecule has 0 aliphatic heterocycles. The Hall–Kier alpha value is -1.48. The van der Waals surface area contributed by atoms with E-state index in [1.54, 1.807) is 25.1 Å². The van der Waals surface area contributed by atoms with Crippen molar-refractivity contribution < 1.29 is 4.39 Å². The van der Waals surface area contributed by atoms with Gasteiger partial charge in [0.15, 0.2) is 0 Å². The SMILES string of the molecule is Cc1ccc(F)c(-c2cc(C)nc(Cl)n2)c1. The Morgan fingerprint density at radius 3 is 2.56 bits per heavy atom. The molecule has 0 saturated heterocycles. The van der Waals surface area contributed by atoms with Crippen molar-refractivity contribution in [2.75, 3.05) is 0 Å². The van der Waals surface area contributed by atoms with Crippen molar-refractivity contribution in [3.63, 3.8) is 0 Å². The average Bonchev–Trinajstić information content (AvgIpc) is 2.20. The van der Waals surface area contributed by atoms with Crippen LogP contribution in [-0.2, 0) is 0 Å². The van der Waals surface area contributed by atoms with E-state index in [1.165, 1.54) is 6.07 Å². The monoisotopic (exact) mass is 236 g/mol. The number of benzene rings is 1. The van der Waals surface area contributed by atoms with Gasteiger partial charge in [0.25, 0.3) is 0 Å². The van der Waals surface area contributed by atoms with Gasteiger partial charge < -0.3 is 0 Å². The smallest absolute Gasteiger partial charge is 0.223 e. The van der Waals surface area contributed by atoms with Crippen LogP contribution in [-0.4, -0.2) is 9.97 Å². The van der Waals surface area contributed by atoms with Crippen molar-refractivity contribution in [3.05, 3.63) is 46.6 Å². The second kappa shape index (κ2) is 4.18. The van der Waals surface area contributed by atoms with Crippen LogP contribution in [0.4, 0.5) is 4.39 Å². The van der Waals surface area contributed by atoms with Crippen molar-refractivity contribution in [1.82, 2.24) is 9.97 Å². The quantitative estimate of drug-likeness (QED) is 0.708. The molecular formula is C12H10ClFN2. The lowest BCUT2D eigenvalue weighted by atomic mass is 10.1. The van der Waals surface area contributed by atoms with Gasteiger partial charge in [0, 0.05) is 11.3 Å². The Kier molecular flexibility index (Phi) is 2.88. The van der Waals surface area contributed by atoms with E-state index in [0.717, 1.165) is 11.3 Å². The number of aromatic nitrogens is 2. The van der Waals surface area contributed by atoms with Gasteiger partial charge in [-0.3, -0.25) is 0 Å². The summed E-state index contributed by atoms with van der Waals surface area (Å²) in [6.07, 6.45) is 0. The third kappa shape index (κ3) is 2.19. The Morgan fingerprint density at radius 1 is 1.12 bits per heavy atom. The van der Waals surface area contributed by atoms with E-state index in [9.17, 15) is 4.39 Å². The van der Waals surface area contributed by atoms with Crippen LogP contribution in [0.1, 0.15) is 11.3 Å². The second-order valence-corrected chi connectivity index (χ2v) is 3.98. The summed E-state index contributed by atoms with van der Waals surface area (Å²) >= 11 is 5.75. The zero-order chi connectivity index (χ0) is 11.7. The molecule has 16 heavy (non-hydrogen) atoms. The Balaban J connectivity index is 2.62. The molecule has 1 heterocycles. The summed E-state index contributed by atoms with van der Waals surface area (Å²) in [6.45, 7) is 3.70. The highest BCUT2D eigenvalue weighted by atomic mass is 35.5. The molecule has 1 aromatic carbocycles. The first-order chi connectivity index (χ1) is 7.56. The van der Waals surface area contributed by atoms with Crippen LogP contribution in [0.3, 0.4) is 0 Å². The van der Waals surface area contributed by atoms with Crippen LogP contribution in [0.15, 0.2) is 24.3 Å². The molecule has 0 bridgehead atoms. The summed E-state index contributed by atoms with van der Waals surface area (Å²) in [4.78, 5) is 7.96. The van der Waals surface area contributed by atoms with Gasteiger partial charge in [-0.1, -0.05) is 11.6 Å². The van der Waals surface area contributed by atoms with Crippen molar-refractivity contribution in [3.8, 4) is 11.3 Å². The van der Waals surface area contributed by atoms with Crippen LogP contribution in [0.2, 0.25) is 5.28 Å². The number of hydrogen-bond donors (Lipinski definition) is 0. The molecule has 4 heteroatoms. The predicted molar refractivity (Wildman–Crippen MR) is 61.9 cm³/mol. The largest absolute Gasteiger partial charge is 0.223 e. The zero-order valence-electron chi connectivity index (χ0n) is 8.96. The van der Waals surface area contributed by atoms with E-state index < -0.39 is 0 Å². The first kappa shape index (κ1) is 11.0. The molecule has 0 unspecified atom stereocenters. The third-order valence-corrected chi connectivity index (χ3v) is 2.39. The molecule has 0 spiro atoms. The molecule has 2 rings (SSSR count). The van der Waals surface area contributed by atoms with Gasteiger partial charge in [0.05, 0.1) is 5.69 Å². The molecule has 0 saturated carbocycles. The Labute approximate surface area is 98.1 Å². The molecule has 0 N–H and O–H groups in total. The van der Waals surface area contributed by atoms with Gasteiger partial charge in [0.1, 0.15) is 5.82 Å². The van der Waals surface area contributed by atoms with Crippen molar-refractivity contribution in [2.24, 2.45) is 0 Å². The molecule has 0 atom stereocenters. The molecule has 0 amide bonds. The lowest BCUT2D eigenvalue weighted by molar-refractivity contribution is 0.630. The van der Waals surface area contributed by atoms with Gasteiger partial charge in [0.2, 0.25) is 5.28 Å². The molecular weight excluding hydrogens is 227 g/mol. The maximum Gasteiger partial charge on any atom is 0.223 e. The summed E-state index contributed by atoms with van der Waals surface area (Å²) in [5.41, 5.74) is 2.66. The highest BCUT2D eigenvalue weighted by Crippen LogP contribution is 2.23. The first-order valence-electron chi connectivity index (χ1n) is 4.84. The number of aryl methyl sites for hydroxylation is 2. The number of nitrogens with zero attached hydrogens (tertiary/aromatic N) is 2. The topological polar surface area (TPSA) is 25.8 Å². The first-order valence-corrected chi connectivity index (χ1v) is 5.22. The molecule has 82 valence electrons. The maximum atomic E-state index is 13.6. The van der Waals surface area contributed by atoms with E-state index in [2.05, 4.69) is 9.97 Å². The third-order valence-electron chi connectivity index (χ3n) is 2.22. The molecule has 0 aliphatic carbocycles. The molecule has 2 aromatic rings. The van der Waals surface area contributed by atoms with Crippen LogP contribution in [0.5, 0.6) is 0 Å². The minimum absolute atomic E-state index is 0.135. The zero-order valence-corrected chi connectivity index (χ0v) is 9.72. The number of rotatable bonds is 1. The fraction of sp³-hybridized carbons (Fsp3) is 0.167. The summed E-state index contributed by atoms with van der Waals surface area (Å²) in [5.74, 6) is -0.306. The molecule has 2 nitrogen and oxygen atoms in total. The lowest BCUT2D eigenvalue weighted by Gasteiger charge is -2.05. The van der Waals surface area contributed by atoms with Gasteiger partial charge in [-0.05, 0) is 43.6 Å². The van der Waals surface area contributed by atoms with Gasteiger partial charge in [-0.25, -0.2) is 14.4 Å². The van der Waals surface area contributed by atoms with Crippen LogP contribution in [0.25, 0.3) is 11.3 Å². The number of hydrogen-bond acceptors (Lipinski definition) is 2. The molecule has 0 aliphatic rings. The Morgan fingerprint density at radius 2 is 1.88 bits per heavy atom. The van der Waals surface area contributed by atoms with Gasteiger partial charge in [-0.2, -0.15) is 0 Å². The summed E-state index contributed by atoms with van der Waals surface area (Å²) in [7, 11) is 0. The normalized spacial score (nSPS) is 10.5. The van der Waals surface area contributed by atoms with E-state index in [1.807, 2.05) is 6.92 Å². The Bertz CT molecular complexity index is 520. The summed E-state index contributed by atoms with van der Waals surface area (Å²) in [6, 6.07) is 6.60. The van der Waals surface area contributed by atoms with Gasteiger partial charge >= 0.3 is 0 Å². The van der Waals surface area contributed by atoms with E-state index in [4.69, 9.17) is 11.6 Å². The van der Waals surface area contributed by atoms with Crippen LogP contribution >= 0.6 is 11.6 Å². The fourth-order valence-electron chi connectivity index (χ4n) is 1.51. The van der Waals surface area contributed by atoms with E-state index in [-0.39, 0.29) is 11.1 Å². The van der Waals surface area contributed by atoms with E-state index in [0.29, 0.717) is 11.3 Å². The predicted octanol–water partition coefficient (Wildman–Crippen LogP) is 3.55. The average molecular weight is 237 g/mol. The number of halogens is 2. The second-order valence-electron chi connectivity index (χ2n) is 3.65. The van der Waals surface area contributed by atoms with E-state index >= 15 is 0 Å². The summed E-state index contributed by atoms with van der Waals surface area (Å²) < 4.78 is 13.6. The molecule has 0 fully saturated rings. The van der Waals surface area contributed by atoms with Crippen molar-refractivity contribution in [2.45, 2.75) is 13.8 Å². The van der Waals surface area contributed by atoms with Crippen molar-refractivity contribution in [1.29, 1.82) is 0 Å². The lowest BCUT2D eigenvalue weighted by Crippen LogP contribution is -1.93. The van der Waals surface area contributed by atoms with Crippen LogP contribution < -0.4 is 0 Å².